The molecule has 2 aromatic rings. The maximum absolute atomic E-state index is 12.3. The van der Waals surface area contributed by atoms with Crippen molar-refractivity contribution in [1.29, 1.82) is 0 Å². The predicted molar refractivity (Wildman–Crippen MR) is 58.3 cm³/mol. The van der Waals surface area contributed by atoms with Crippen LogP contribution in [0.4, 0.5) is 13.2 Å². The Morgan fingerprint density at radius 3 is 2.20 bits per heavy atom. The molecule has 0 atom stereocenters. The van der Waals surface area contributed by atoms with E-state index in [1.54, 1.807) is 0 Å². The van der Waals surface area contributed by atoms with E-state index >= 15 is 0 Å². The molecule has 0 aliphatic heterocycles. The summed E-state index contributed by atoms with van der Waals surface area (Å²) in [5, 5.41) is 8.63. The molecule has 0 amide bonds. The molecule has 0 saturated carbocycles. The second-order valence-corrected chi connectivity index (χ2v) is 3.73. The van der Waals surface area contributed by atoms with Crippen molar-refractivity contribution in [3.8, 4) is 0 Å². The van der Waals surface area contributed by atoms with Crippen molar-refractivity contribution in [2.24, 2.45) is 0 Å². The van der Waals surface area contributed by atoms with Crippen molar-refractivity contribution in [2.45, 2.75) is 6.18 Å². The molecule has 8 heteroatoms. The van der Waals surface area contributed by atoms with Gasteiger partial charge in [-0.05, 0) is 24.3 Å². The third kappa shape index (κ3) is 2.68. The first-order valence-corrected chi connectivity index (χ1v) is 5.20. The summed E-state index contributed by atoms with van der Waals surface area (Å²) in [4.78, 5) is 25.8. The van der Waals surface area contributed by atoms with Crippen molar-refractivity contribution in [3.05, 3.63) is 53.2 Å². The average molecular weight is 285 g/mol. The summed E-state index contributed by atoms with van der Waals surface area (Å²) < 4.78 is 41.7. The van der Waals surface area contributed by atoms with Gasteiger partial charge in [-0.2, -0.15) is 13.2 Å². The first-order valence-electron chi connectivity index (χ1n) is 5.20. The van der Waals surface area contributed by atoms with Gasteiger partial charge in [-0.25, -0.2) is 4.79 Å². The van der Waals surface area contributed by atoms with E-state index in [-0.39, 0.29) is 11.5 Å². The van der Waals surface area contributed by atoms with Crippen LogP contribution in [-0.4, -0.2) is 21.8 Å². The highest BCUT2D eigenvalue weighted by Crippen LogP contribution is 2.28. The summed E-state index contributed by atoms with van der Waals surface area (Å²) in [5.41, 5.74) is -1.26. The van der Waals surface area contributed by atoms with E-state index in [0.29, 0.717) is 12.3 Å². The van der Waals surface area contributed by atoms with Crippen LogP contribution in [0, 0.1) is 0 Å². The molecule has 0 saturated heterocycles. The van der Waals surface area contributed by atoms with Gasteiger partial charge in [0.25, 0.3) is 0 Å². The van der Waals surface area contributed by atoms with Gasteiger partial charge in [0.2, 0.25) is 11.5 Å². The second kappa shape index (κ2) is 4.80. The number of aromatic nitrogens is 1. The molecular weight excluding hydrogens is 279 g/mol. The van der Waals surface area contributed by atoms with E-state index in [2.05, 4.69) is 4.98 Å². The zero-order valence-corrected chi connectivity index (χ0v) is 9.64. The van der Waals surface area contributed by atoms with Crippen LogP contribution < -0.4 is 0 Å². The van der Waals surface area contributed by atoms with Crippen LogP contribution in [0.2, 0.25) is 0 Å². The standard InChI is InChI=1S/C12H6F3NO4/c13-12(14,15)6-1-2-7(16-5-6)10(17)8-3-4-9(20-8)11(18)19/h1-5H,(H,18,19). The molecule has 0 radical (unpaired) electrons. The molecule has 0 bridgehead atoms. The van der Waals surface area contributed by atoms with Crippen LogP contribution in [0.5, 0.6) is 0 Å². The lowest BCUT2D eigenvalue weighted by Gasteiger charge is -2.05. The smallest absolute Gasteiger partial charge is 0.417 e. The van der Waals surface area contributed by atoms with E-state index < -0.39 is 29.3 Å². The Labute approximate surface area is 109 Å². The number of rotatable bonds is 3. The lowest BCUT2D eigenvalue weighted by molar-refractivity contribution is -0.137. The van der Waals surface area contributed by atoms with Crippen LogP contribution >= 0.6 is 0 Å². The molecule has 104 valence electrons. The Balaban J connectivity index is 2.27. The minimum atomic E-state index is -4.55. The van der Waals surface area contributed by atoms with Crippen LogP contribution in [0.3, 0.4) is 0 Å². The van der Waals surface area contributed by atoms with E-state index in [9.17, 15) is 22.8 Å². The van der Waals surface area contributed by atoms with Crippen LogP contribution in [0.25, 0.3) is 0 Å². The quantitative estimate of drug-likeness (QED) is 0.877. The number of hydrogen-bond donors (Lipinski definition) is 1. The number of hydrogen-bond acceptors (Lipinski definition) is 4. The first kappa shape index (κ1) is 13.8. The fraction of sp³-hybridized carbons (Fsp3) is 0.0833. The van der Waals surface area contributed by atoms with Crippen molar-refractivity contribution in [2.75, 3.05) is 0 Å². The number of alkyl halides is 3. The Bertz CT molecular complexity index is 658. The van der Waals surface area contributed by atoms with Crippen molar-refractivity contribution in [1.82, 2.24) is 4.98 Å². The lowest BCUT2D eigenvalue weighted by atomic mass is 10.2. The molecule has 2 heterocycles. The fourth-order valence-electron chi connectivity index (χ4n) is 1.40. The zero-order chi connectivity index (χ0) is 14.9. The normalized spacial score (nSPS) is 11.3. The average Bonchev–Trinajstić information content (AvgIpc) is 2.86. The zero-order valence-electron chi connectivity index (χ0n) is 9.64. The van der Waals surface area contributed by atoms with Gasteiger partial charge in [0.1, 0.15) is 5.69 Å². The summed E-state index contributed by atoms with van der Waals surface area (Å²) in [6, 6.07) is 3.79. The number of aromatic carboxylic acids is 1. The molecule has 0 fully saturated rings. The maximum atomic E-state index is 12.3. The molecular formula is C12H6F3NO4. The number of halogens is 3. The fourth-order valence-corrected chi connectivity index (χ4v) is 1.40. The van der Waals surface area contributed by atoms with E-state index in [4.69, 9.17) is 9.52 Å². The third-order valence-corrected chi connectivity index (χ3v) is 2.36. The number of carbonyl (C=O) groups excluding carboxylic acids is 1. The molecule has 20 heavy (non-hydrogen) atoms. The topological polar surface area (TPSA) is 80.4 Å². The van der Waals surface area contributed by atoms with Crippen molar-refractivity contribution in [3.63, 3.8) is 0 Å². The molecule has 0 aliphatic rings. The molecule has 5 nitrogen and oxygen atoms in total. The maximum Gasteiger partial charge on any atom is 0.417 e. The van der Waals surface area contributed by atoms with Gasteiger partial charge in [-0.1, -0.05) is 0 Å². The minimum Gasteiger partial charge on any atom is -0.475 e. The number of carboxylic acid groups (broad SMARTS) is 1. The van der Waals surface area contributed by atoms with E-state index in [1.165, 1.54) is 0 Å². The summed E-state index contributed by atoms with van der Waals surface area (Å²) in [6.07, 6.45) is -4.02. The monoisotopic (exact) mass is 285 g/mol. The molecule has 0 spiro atoms. The summed E-state index contributed by atoms with van der Waals surface area (Å²) in [6.45, 7) is 0. The highest BCUT2D eigenvalue weighted by Gasteiger charge is 2.31. The predicted octanol–water partition coefficient (Wildman–Crippen LogP) is 2.62. The molecule has 2 rings (SSSR count). The van der Waals surface area contributed by atoms with Crippen molar-refractivity contribution >= 4 is 11.8 Å². The Hall–Kier alpha value is -2.64. The van der Waals surface area contributed by atoms with Gasteiger partial charge in [-0.15, -0.1) is 0 Å². The Morgan fingerprint density at radius 2 is 1.75 bits per heavy atom. The summed E-state index contributed by atoms with van der Waals surface area (Å²) in [7, 11) is 0. The van der Waals surface area contributed by atoms with Crippen LogP contribution in [0.15, 0.2) is 34.9 Å². The number of carboxylic acids is 1. The first-order chi connectivity index (χ1) is 9.29. The van der Waals surface area contributed by atoms with Gasteiger partial charge < -0.3 is 9.52 Å². The number of carbonyl (C=O) groups is 2. The molecule has 0 aliphatic carbocycles. The number of ketones is 1. The third-order valence-electron chi connectivity index (χ3n) is 2.36. The molecule has 2 aromatic heterocycles. The van der Waals surface area contributed by atoms with Gasteiger partial charge >= 0.3 is 12.1 Å². The van der Waals surface area contributed by atoms with Gasteiger partial charge in [0.05, 0.1) is 5.56 Å². The molecule has 0 unspecified atom stereocenters. The van der Waals surface area contributed by atoms with Gasteiger partial charge in [0, 0.05) is 6.20 Å². The van der Waals surface area contributed by atoms with Gasteiger partial charge in [-0.3, -0.25) is 9.78 Å². The lowest BCUT2D eigenvalue weighted by Crippen LogP contribution is -2.08. The second-order valence-electron chi connectivity index (χ2n) is 3.73. The highest BCUT2D eigenvalue weighted by atomic mass is 19.4. The summed E-state index contributed by atoms with van der Waals surface area (Å²) in [5.74, 6) is -2.91. The molecule has 0 aromatic carbocycles. The number of nitrogens with zero attached hydrogens (tertiary/aromatic N) is 1. The largest absolute Gasteiger partial charge is 0.475 e. The Kier molecular flexibility index (Phi) is 3.31. The minimum absolute atomic E-state index is 0.274. The van der Waals surface area contributed by atoms with E-state index in [1.807, 2.05) is 0 Å². The SMILES string of the molecule is O=C(O)c1ccc(C(=O)c2ccc(C(F)(F)F)cn2)o1. The van der Waals surface area contributed by atoms with E-state index in [0.717, 1.165) is 18.2 Å². The van der Waals surface area contributed by atoms with Crippen molar-refractivity contribution < 1.29 is 32.3 Å². The Morgan fingerprint density at radius 1 is 1.10 bits per heavy atom. The summed E-state index contributed by atoms with van der Waals surface area (Å²) >= 11 is 0. The number of furan rings is 1. The molecule has 1 N–H and O–H groups in total. The highest BCUT2D eigenvalue weighted by molar-refractivity contribution is 6.06. The van der Waals surface area contributed by atoms with Crippen LogP contribution in [0.1, 0.15) is 32.4 Å². The number of pyridine rings is 1. The van der Waals surface area contributed by atoms with Crippen LogP contribution in [-0.2, 0) is 6.18 Å². The van der Waals surface area contributed by atoms with Gasteiger partial charge in [0.15, 0.2) is 5.76 Å².